The van der Waals surface area contributed by atoms with E-state index in [1.54, 1.807) is 12.4 Å². The standard InChI is InChI=1S/C28H40N4O2/c1-20(2)32(21(3)4)27(33)26(23-14-11-17-29-18-23)25(22-12-7-5-8-13-22)19-30-28(34)31-24-15-9-6-10-16-24/h5,7-8,11-14,17-18,20-21,24-26H,6,9-10,15-16,19H2,1-4H3,(H2,30,31,34). The molecular weight excluding hydrogens is 424 g/mol. The first kappa shape index (κ1) is 25.7. The van der Waals surface area contributed by atoms with Gasteiger partial charge in [0.1, 0.15) is 0 Å². The Balaban J connectivity index is 1.91. The van der Waals surface area contributed by atoms with Crippen molar-refractivity contribution in [3.05, 3.63) is 66.0 Å². The fourth-order valence-corrected chi connectivity index (χ4v) is 5.19. The minimum Gasteiger partial charge on any atom is -0.338 e. The van der Waals surface area contributed by atoms with E-state index in [9.17, 15) is 9.59 Å². The Morgan fingerprint density at radius 3 is 2.18 bits per heavy atom. The van der Waals surface area contributed by atoms with Crippen LogP contribution in [0.4, 0.5) is 4.79 Å². The molecule has 2 N–H and O–H groups in total. The lowest BCUT2D eigenvalue weighted by Crippen LogP contribution is -2.48. The summed E-state index contributed by atoms with van der Waals surface area (Å²) >= 11 is 0. The van der Waals surface area contributed by atoms with E-state index in [4.69, 9.17) is 0 Å². The number of urea groups is 1. The number of aromatic nitrogens is 1. The molecule has 0 spiro atoms. The number of amides is 3. The Bertz CT molecular complexity index is 887. The molecule has 1 aromatic carbocycles. The molecule has 184 valence electrons. The van der Waals surface area contributed by atoms with Crippen LogP contribution in [-0.4, -0.2) is 46.5 Å². The maximum atomic E-state index is 14.1. The molecule has 34 heavy (non-hydrogen) atoms. The summed E-state index contributed by atoms with van der Waals surface area (Å²) in [6, 6.07) is 14.1. The lowest BCUT2D eigenvalue weighted by atomic mass is 9.80. The molecule has 1 aromatic heterocycles. The molecule has 2 atom stereocenters. The van der Waals surface area contributed by atoms with Crippen molar-refractivity contribution in [2.24, 2.45) is 0 Å². The molecule has 0 aliphatic heterocycles. The van der Waals surface area contributed by atoms with Crippen molar-refractivity contribution < 1.29 is 9.59 Å². The lowest BCUT2D eigenvalue weighted by molar-refractivity contribution is -0.137. The van der Waals surface area contributed by atoms with Crippen molar-refractivity contribution in [1.29, 1.82) is 0 Å². The number of hydrogen-bond donors (Lipinski definition) is 2. The molecule has 6 heteroatoms. The number of rotatable bonds is 9. The quantitative estimate of drug-likeness (QED) is 0.534. The number of nitrogens with zero attached hydrogens (tertiary/aromatic N) is 2. The average Bonchev–Trinajstić information content (AvgIpc) is 2.83. The predicted octanol–water partition coefficient (Wildman–Crippen LogP) is 5.23. The Morgan fingerprint density at radius 2 is 1.59 bits per heavy atom. The minimum atomic E-state index is -0.462. The van der Waals surface area contributed by atoms with Crippen LogP contribution >= 0.6 is 0 Å². The summed E-state index contributed by atoms with van der Waals surface area (Å²) in [6.45, 7) is 8.55. The van der Waals surface area contributed by atoms with E-state index in [0.717, 1.165) is 36.8 Å². The van der Waals surface area contributed by atoms with Crippen molar-refractivity contribution >= 4 is 11.9 Å². The summed E-state index contributed by atoms with van der Waals surface area (Å²) in [7, 11) is 0. The number of hydrogen-bond acceptors (Lipinski definition) is 3. The van der Waals surface area contributed by atoms with E-state index in [-0.39, 0.29) is 36.0 Å². The molecule has 1 saturated carbocycles. The lowest BCUT2D eigenvalue weighted by Gasteiger charge is -2.37. The van der Waals surface area contributed by atoms with E-state index >= 15 is 0 Å². The normalized spacial score (nSPS) is 16.2. The Kier molecular flexibility index (Phi) is 9.49. The molecule has 1 aliphatic carbocycles. The van der Waals surface area contributed by atoms with E-state index in [0.29, 0.717) is 6.54 Å². The van der Waals surface area contributed by atoms with Gasteiger partial charge in [0.2, 0.25) is 5.91 Å². The molecular formula is C28H40N4O2. The molecule has 0 bridgehead atoms. The van der Waals surface area contributed by atoms with Crippen LogP contribution < -0.4 is 10.6 Å². The third kappa shape index (κ3) is 6.81. The van der Waals surface area contributed by atoms with Crippen LogP contribution in [0.15, 0.2) is 54.9 Å². The van der Waals surface area contributed by atoms with Gasteiger partial charge in [-0.25, -0.2) is 4.79 Å². The summed E-state index contributed by atoms with van der Waals surface area (Å²) in [4.78, 5) is 33.1. The second-order valence-electron chi connectivity index (χ2n) is 9.90. The predicted molar refractivity (Wildman–Crippen MR) is 137 cm³/mol. The topological polar surface area (TPSA) is 74.3 Å². The zero-order chi connectivity index (χ0) is 24.5. The van der Waals surface area contributed by atoms with Crippen molar-refractivity contribution in [3.63, 3.8) is 0 Å². The van der Waals surface area contributed by atoms with Crippen LogP contribution in [0.3, 0.4) is 0 Å². The Hall–Kier alpha value is -2.89. The van der Waals surface area contributed by atoms with Crippen LogP contribution in [0.2, 0.25) is 0 Å². The molecule has 1 heterocycles. The minimum absolute atomic E-state index is 0.0568. The third-order valence-corrected chi connectivity index (χ3v) is 6.73. The van der Waals surface area contributed by atoms with E-state index in [1.165, 1.54) is 6.42 Å². The van der Waals surface area contributed by atoms with Crippen molar-refractivity contribution in [1.82, 2.24) is 20.5 Å². The fraction of sp³-hybridized carbons (Fsp3) is 0.536. The molecule has 0 saturated heterocycles. The van der Waals surface area contributed by atoms with Crippen molar-refractivity contribution in [3.8, 4) is 0 Å². The number of pyridine rings is 1. The summed E-state index contributed by atoms with van der Waals surface area (Å²) in [5.74, 6) is -0.632. The monoisotopic (exact) mass is 464 g/mol. The first-order valence-corrected chi connectivity index (χ1v) is 12.7. The van der Waals surface area contributed by atoms with Gasteiger partial charge < -0.3 is 15.5 Å². The largest absolute Gasteiger partial charge is 0.338 e. The number of carbonyl (C=O) groups is 2. The smallest absolute Gasteiger partial charge is 0.315 e. The second-order valence-corrected chi connectivity index (χ2v) is 9.90. The molecule has 1 fully saturated rings. The van der Waals surface area contributed by atoms with Crippen LogP contribution in [-0.2, 0) is 4.79 Å². The highest BCUT2D eigenvalue weighted by Gasteiger charge is 2.36. The highest BCUT2D eigenvalue weighted by molar-refractivity contribution is 5.85. The van der Waals surface area contributed by atoms with Gasteiger partial charge in [0.15, 0.2) is 0 Å². The zero-order valence-electron chi connectivity index (χ0n) is 21.0. The number of benzene rings is 1. The van der Waals surface area contributed by atoms with Gasteiger partial charge in [-0.05, 0) is 57.7 Å². The van der Waals surface area contributed by atoms with E-state index in [1.807, 2.05) is 75.1 Å². The Morgan fingerprint density at radius 1 is 0.941 bits per heavy atom. The van der Waals surface area contributed by atoms with Gasteiger partial charge >= 0.3 is 6.03 Å². The maximum absolute atomic E-state index is 14.1. The van der Waals surface area contributed by atoms with Crippen LogP contribution in [0, 0.1) is 0 Å². The van der Waals surface area contributed by atoms with Gasteiger partial charge in [0.05, 0.1) is 5.92 Å². The molecule has 1 aliphatic rings. The summed E-state index contributed by atoms with van der Waals surface area (Å²) in [5.41, 5.74) is 1.89. The summed E-state index contributed by atoms with van der Waals surface area (Å²) in [6.07, 6.45) is 9.13. The highest BCUT2D eigenvalue weighted by atomic mass is 16.2. The van der Waals surface area contributed by atoms with Crippen LogP contribution in [0.1, 0.15) is 82.8 Å². The number of nitrogens with one attached hydrogen (secondary N) is 2. The molecule has 2 unspecified atom stereocenters. The first-order chi connectivity index (χ1) is 16.4. The van der Waals surface area contributed by atoms with Gasteiger partial charge in [-0.1, -0.05) is 55.7 Å². The van der Waals surface area contributed by atoms with Gasteiger partial charge in [-0.2, -0.15) is 0 Å². The summed E-state index contributed by atoms with van der Waals surface area (Å²) < 4.78 is 0. The van der Waals surface area contributed by atoms with Gasteiger partial charge in [0, 0.05) is 43.0 Å². The molecule has 3 rings (SSSR count). The van der Waals surface area contributed by atoms with Gasteiger partial charge in [-0.3, -0.25) is 9.78 Å². The molecule has 2 aromatic rings. The second kappa shape index (κ2) is 12.5. The number of carbonyl (C=O) groups excluding carboxylic acids is 2. The maximum Gasteiger partial charge on any atom is 0.315 e. The first-order valence-electron chi connectivity index (χ1n) is 12.7. The highest BCUT2D eigenvalue weighted by Crippen LogP contribution is 2.35. The van der Waals surface area contributed by atoms with E-state index in [2.05, 4.69) is 15.6 Å². The van der Waals surface area contributed by atoms with Gasteiger partial charge in [-0.15, -0.1) is 0 Å². The zero-order valence-corrected chi connectivity index (χ0v) is 21.0. The van der Waals surface area contributed by atoms with Crippen molar-refractivity contribution in [2.45, 2.75) is 89.8 Å². The molecule has 0 radical (unpaired) electrons. The third-order valence-electron chi connectivity index (χ3n) is 6.73. The molecule has 6 nitrogen and oxygen atoms in total. The van der Waals surface area contributed by atoms with E-state index < -0.39 is 5.92 Å². The van der Waals surface area contributed by atoms with Crippen LogP contribution in [0.5, 0.6) is 0 Å². The average molecular weight is 465 g/mol. The fourth-order valence-electron chi connectivity index (χ4n) is 5.19. The van der Waals surface area contributed by atoms with Crippen molar-refractivity contribution in [2.75, 3.05) is 6.54 Å². The van der Waals surface area contributed by atoms with Crippen LogP contribution in [0.25, 0.3) is 0 Å². The van der Waals surface area contributed by atoms with Gasteiger partial charge in [0.25, 0.3) is 0 Å². The SMILES string of the molecule is CC(C)N(C(=O)C(c1cccnc1)C(CNC(=O)NC1CCCCC1)c1ccccc1)C(C)C. The summed E-state index contributed by atoms with van der Waals surface area (Å²) in [5, 5.41) is 6.22. The Labute approximate surface area is 204 Å². The molecule has 3 amide bonds.